The number of rotatable bonds is 7. The van der Waals surface area contributed by atoms with Crippen LogP contribution in [0, 0.1) is 6.92 Å². The third-order valence-electron chi connectivity index (χ3n) is 6.18. The van der Waals surface area contributed by atoms with Gasteiger partial charge in [0.1, 0.15) is 17.1 Å². The molecule has 1 aromatic carbocycles. The molecule has 1 amide bonds. The summed E-state index contributed by atoms with van der Waals surface area (Å²) in [6.07, 6.45) is 5.42. The molecule has 1 aliphatic rings. The van der Waals surface area contributed by atoms with Crippen molar-refractivity contribution in [1.29, 1.82) is 0 Å². The quantitative estimate of drug-likeness (QED) is 0.449. The summed E-state index contributed by atoms with van der Waals surface area (Å²) in [4.78, 5) is 33.5. The lowest BCUT2D eigenvalue weighted by molar-refractivity contribution is -0.122. The van der Waals surface area contributed by atoms with Gasteiger partial charge in [0, 0.05) is 17.5 Å². The van der Waals surface area contributed by atoms with E-state index in [1.807, 2.05) is 48.7 Å². The van der Waals surface area contributed by atoms with Gasteiger partial charge in [0.15, 0.2) is 0 Å². The topological polar surface area (TPSA) is 80.4 Å². The van der Waals surface area contributed by atoms with Crippen molar-refractivity contribution >= 4 is 27.5 Å². The standard InChI is InChI=1S/C25H26N4O3S/c1-17-6-8-18(9-7-17)19-15-33-24-23(19)25(31)29(16-27-24)14-22(30)26-13-20(21-5-4-12-32-21)28-10-2-3-11-28/h4-9,12,15-16,20H,2-3,10-11,13-14H2,1H3,(H,26,30)/t20-/m1/s1. The van der Waals surface area contributed by atoms with Crippen LogP contribution in [0.25, 0.3) is 21.3 Å². The first-order valence-electron chi connectivity index (χ1n) is 11.2. The summed E-state index contributed by atoms with van der Waals surface area (Å²) in [7, 11) is 0. The molecule has 7 nitrogen and oxygen atoms in total. The maximum Gasteiger partial charge on any atom is 0.263 e. The Morgan fingerprint density at radius 2 is 2.00 bits per heavy atom. The van der Waals surface area contributed by atoms with E-state index in [1.165, 1.54) is 22.2 Å². The first kappa shape index (κ1) is 21.6. The van der Waals surface area contributed by atoms with Crippen LogP contribution in [0.1, 0.15) is 30.2 Å². The minimum absolute atomic E-state index is 0.00575. The van der Waals surface area contributed by atoms with Crippen LogP contribution < -0.4 is 10.9 Å². The van der Waals surface area contributed by atoms with E-state index in [-0.39, 0.29) is 24.1 Å². The number of aromatic nitrogens is 2. The number of hydrogen-bond acceptors (Lipinski definition) is 6. The molecule has 0 aliphatic carbocycles. The number of thiophene rings is 1. The monoisotopic (exact) mass is 462 g/mol. The fourth-order valence-corrected chi connectivity index (χ4v) is 5.30. The van der Waals surface area contributed by atoms with Gasteiger partial charge >= 0.3 is 0 Å². The molecule has 170 valence electrons. The van der Waals surface area contributed by atoms with E-state index in [2.05, 4.69) is 15.2 Å². The number of nitrogens with zero attached hydrogens (tertiary/aromatic N) is 3. The molecule has 0 radical (unpaired) electrons. The molecule has 4 aromatic rings. The fraction of sp³-hybridized carbons (Fsp3) is 0.320. The van der Waals surface area contributed by atoms with Gasteiger partial charge in [0.25, 0.3) is 5.56 Å². The Balaban J connectivity index is 1.34. The van der Waals surface area contributed by atoms with Gasteiger partial charge in [0.05, 0.1) is 24.0 Å². The summed E-state index contributed by atoms with van der Waals surface area (Å²) in [5.74, 6) is 0.625. The van der Waals surface area contributed by atoms with Gasteiger partial charge in [-0.1, -0.05) is 29.8 Å². The molecule has 1 fully saturated rings. The Hall–Kier alpha value is -3.23. The molecule has 33 heavy (non-hydrogen) atoms. The Morgan fingerprint density at radius 1 is 1.21 bits per heavy atom. The van der Waals surface area contributed by atoms with Gasteiger partial charge in [-0.2, -0.15) is 0 Å². The molecule has 1 saturated heterocycles. The number of aryl methyl sites for hydroxylation is 1. The number of amides is 1. The van der Waals surface area contributed by atoms with E-state index < -0.39 is 0 Å². The van der Waals surface area contributed by atoms with E-state index in [0.29, 0.717) is 16.8 Å². The average molecular weight is 463 g/mol. The Labute approximate surface area is 195 Å². The molecular weight excluding hydrogens is 436 g/mol. The van der Waals surface area contributed by atoms with Crippen LogP contribution in [-0.4, -0.2) is 40.0 Å². The SMILES string of the molecule is Cc1ccc(-c2csc3ncn(CC(=O)NC[C@H](c4ccco4)N4CCCC4)c(=O)c23)cc1. The average Bonchev–Trinajstić information content (AvgIpc) is 3.59. The second kappa shape index (κ2) is 9.33. The van der Waals surface area contributed by atoms with E-state index in [1.54, 1.807) is 6.26 Å². The number of furan rings is 1. The maximum atomic E-state index is 13.2. The van der Waals surface area contributed by atoms with Crippen molar-refractivity contribution < 1.29 is 9.21 Å². The Bertz CT molecular complexity index is 1300. The van der Waals surface area contributed by atoms with Gasteiger partial charge < -0.3 is 9.73 Å². The van der Waals surface area contributed by atoms with Crippen LogP contribution in [0.3, 0.4) is 0 Å². The summed E-state index contributed by atoms with van der Waals surface area (Å²) in [5, 5.41) is 5.51. The second-order valence-electron chi connectivity index (χ2n) is 8.45. The minimum Gasteiger partial charge on any atom is -0.468 e. The highest BCUT2D eigenvalue weighted by molar-refractivity contribution is 7.17. The molecule has 0 bridgehead atoms. The number of hydrogen-bond donors (Lipinski definition) is 1. The predicted molar refractivity (Wildman–Crippen MR) is 129 cm³/mol. The van der Waals surface area contributed by atoms with E-state index in [4.69, 9.17) is 4.42 Å². The molecule has 1 N–H and O–H groups in total. The molecule has 8 heteroatoms. The highest BCUT2D eigenvalue weighted by Crippen LogP contribution is 2.30. The van der Waals surface area contributed by atoms with Crippen molar-refractivity contribution in [1.82, 2.24) is 19.8 Å². The van der Waals surface area contributed by atoms with E-state index in [9.17, 15) is 9.59 Å². The number of nitrogens with one attached hydrogen (secondary N) is 1. The van der Waals surface area contributed by atoms with Crippen molar-refractivity contribution in [2.75, 3.05) is 19.6 Å². The lowest BCUT2D eigenvalue weighted by Gasteiger charge is -2.26. The Kier molecular flexibility index (Phi) is 6.11. The first-order valence-corrected chi connectivity index (χ1v) is 12.1. The normalized spacial score (nSPS) is 15.2. The summed E-state index contributed by atoms with van der Waals surface area (Å²) in [5.41, 5.74) is 2.79. The molecule has 0 saturated carbocycles. The van der Waals surface area contributed by atoms with Crippen molar-refractivity contribution in [3.8, 4) is 11.1 Å². The van der Waals surface area contributed by atoms with Crippen LogP contribution in [0.15, 0.2) is 63.6 Å². The third-order valence-corrected chi connectivity index (χ3v) is 7.07. The number of carbonyl (C=O) groups excluding carboxylic acids is 1. The van der Waals surface area contributed by atoms with Crippen molar-refractivity contribution in [3.63, 3.8) is 0 Å². The van der Waals surface area contributed by atoms with Gasteiger partial charge in [-0.25, -0.2) is 4.98 Å². The molecule has 4 heterocycles. The van der Waals surface area contributed by atoms with Gasteiger partial charge in [0.2, 0.25) is 5.91 Å². The van der Waals surface area contributed by atoms with Gasteiger partial charge in [-0.05, 0) is 50.6 Å². The molecule has 0 spiro atoms. The fourth-order valence-electron chi connectivity index (χ4n) is 4.39. The lowest BCUT2D eigenvalue weighted by Crippen LogP contribution is -2.39. The number of fused-ring (bicyclic) bond motifs is 1. The van der Waals surface area contributed by atoms with Gasteiger partial charge in [-0.15, -0.1) is 11.3 Å². The maximum absolute atomic E-state index is 13.2. The summed E-state index contributed by atoms with van der Waals surface area (Å²) < 4.78 is 7.01. The Morgan fingerprint density at radius 3 is 2.73 bits per heavy atom. The smallest absolute Gasteiger partial charge is 0.263 e. The summed E-state index contributed by atoms with van der Waals surface area (Å²) in [6, 6.07) is 11.9. The largest absolute Gasteiger partial charge is 0.468 e. The minimum atomic E-state index is -0.221. The van der Waals surface area contributed by atoms with E-state index >= 15 is 0 Å². The lowest BCUT2D eigenvalue weighted by atomic mass is 10.1. The molecular formula is C25H26N4O3S. The van der Waals surface area contributed by atoms with Crippen LogP contribution in [0.4, 0.5) is 0 Å². The first-order chi connectivity index (χ1) is 16.1. The molecule has 0 unspecified atom stereocenters. The van der Waals surface area contributed by atoms with Crippen LogP contribution in [0.5, 0.6) is 0 Å². The zero-order valence-corrected chi connectivity index (χ0v) is 19.3. The van der Waals surface area contributed by atoms with Crippen molar-refractivity contribution in [2.24, 2.45) is 0 Å². The van der Waals surface area contributed by atoms with E-state index in [0.717, 1.165) is 48.4 Å². The van der Waals surface area contributed by atoms with Crippen LogP contribution in [0.2, 0.25) is 0 Å². The second-order valence-corrected chi connectivity index (χ2v) is 9.31. The predicted octanol–water partition coefficient (Wildman–Crippen LogP) is 3.98. The molecule has 1 atom stereocenters. The zero-order chi connectivity index (χ0) is 22.8. The molecule has 1 aliphatic heterocycles. The molecule has 5 rings (SSSR count). The molecule has 3 aromatic heterocycles. The number of carbonyl (C=O) groups is 1. The van der Waals surface area contributed by atoms with Crippen molar-refractivity contribution in [3.05, 3.63) is 76.0 Å². The number of benzene rings is 1. The van der Waals surface area contributed by atoms with Crippen molar-refractivity contribution in [2.45, 2.75) is 32.4 Å². The highest BCUT2D eigenvalue weighted by Gasteiger charge is 2.26. The summed E-state index contributed by atoms with van der Waals surface area (Å²) >= 11 is 1.44. The van der Waals surface area contributed by atoms with Gasteiger partial charge in [-0.3, -0.25) is 19.1 Å². The summed E-state index contributed by atoms with van der Waals surface area (Å²) in [6.45, 7) is 4.37. The van der Waals surface area contributed by atoms with Crippen LogP contribution >= 0.6 is 11.3 Å². The highest BCUT2D eigenvalue weighted by atomic mass is 32.1. The third kappa shape index (κ3) is 4.49. The number of likely N-dealkylation sites (tertiary alicyclic amines) is 1. The zero-order valence-electron chi connectivity index (χ0n) is 18.5. The van der Waals surface area contributed by atoms with Crippen LogP contribution in [-0.2, 0) is 11.3 Å².